The van der Waals surface area contributed by atoms with Gasteiger partial charge in [-0.2, -0.15) is 0 Å². The molecule has 0 aromatic heterocycles. The molecule has 0 rings (SSSR count). The summed E-state index contributed by atoms with van der Waals surface area (Å²) in [7, 11) is 0. The highest BCUT2D eigenvalue weighted by Gasteiger charge is 2.25. The highest BCUT2D eigenvalue weighted by Crippen LogP contribution is 2.05. The number of hydrogen-bond donors (Lipinski definition) is 4. The number of rotatable bonds is 10. The second-order valence-corrected chi connectivity index (χ2v) is 5.98. The lowest BCUT2D eigenvalue weighted by Crippen LogP contribution is -2.52. The predicted octanol–water partition coefficient (Wildman–Crippen LogP) is 1.12. The van der Waals surface area contributed by atoms with Crippen LogP contribution in [-0.2, 0) is 9.59 Å². The van der Waals surface area contributed by atoms with Gasteiger partial charge in [0.2, 0.25) is 5.91 Å². The van der Waals surface area contributed by atoms with Crippen LogP contribution in [0.3, 0.4) is 0 Å². The van der Waals surface area contributed by atoms with E-state index in [9.17, 15) is 14.4 Å². The fourth-order valence-electron chi connectivity index (χ4n) is 2.03. The first-order valence-corrected chi connectivity index (χ1v) is 8.60. The number of hydrogen-bond acceptors (Lipinski definition) is 4. The Morgan fingerprint density at radius 2 is 1.82 bits per heavy atom. The molecule has 0 fully saturated rings. The van der Waals surface area contributed by atoms with Crippen LogP contribution in [0.1, 0.15) is 40.5 Å². The molecule has 0 aromatic carbocycles. The highest BCUT2D eigenvalue weighted by atomic mass is 127. The number of nitrogens with one attached hydrogen (secondary N) is 4. The third-order valence-electron chi connectivity index (χ3n) is 3.22. The molecular weight excluding hydrogens is 399 g/mol. The molecular formula is C14H27IN4O3. The number of likely N-dealkylation sites (N-methyl/N-ethyl adjacent to an activating group) is 1. The predicted molar refractivity (Wildman–Crippen MR) is 94.7 cm³/mol. The van der Waals surface area contributed by atoms with Gasteiger partial charge in [0.15, 0.2) is 5.78 Å². The Bertz CT molecular complexity index is 377. The van der Waals surface area contributed by atoms with Gasteiger partial charge in [-0.1, -0.05) is 20.8 Å². The van der Waals surface area contributed by atoms with Crippen molar-refractivity contribution in [2.24, 2.45) is 5.92 Å². The van der Waals surface area contributed by atoms with Gasteiger partial charge in [0.25, 0.3) is 0 Å². The lowest BCUT2D eigenvalue weighted by molar-refractivity contribution is -0.129. The summed E-state index contributed by atoms with van der Waals surface area (Å²) >= 11 is 1.75. The van der Waals surface area contributed by atoms with Crippen molar-refractivity contribution in [3.63, 3.8) is 0 Å². The van der Waals surface area contributed by atoms with E-state index in [1.54, 1.807) is 22.9 Å². The maximum Gasteiger partial charge on any atom is 0.323 e. The first-order chi connectivity index (χ1) is 10.3. The third-order valence-corrected chi connectivity index (χ3v) is 3.71. The van der Waals surface area contributed by atoms with Crippen molar-refractivity contribution >= 4 is 40.6 Å². The third kappa shape index (κ3) is 8.52. The molecule has 0 saturated carbocycles. The van der Waals surface area contributed by atoms with Crippen LogP contribution in [0, 0.1) is 5.92 Å². The monoisotopic (exact) mass is 426 g/mol. The standard InChI is InChI=1S/C14H27IN4O3/c1-5-16-12(9(2)3)13(21)18-11(10(4)20)7-6-8-17-14(22)19-15/h9,11-12,16H,5-8H2,1-4H3,(H,18,21)(H2,17,19,22). The summed E-state index contributed by atoms with van der Waals surface area (Å²) in [6.45, 7) is 8.47. The van der Waals surface area contributed by atoms with E-state index in [2.05, 4.69) is 19.5 Å². The Hall–Kier alpha value is -0.900. The molecule has 0 bridgehead atoms. The van der Waals surface area contributed by atoms with Crippen LogP contribution in [0.4, 0.5) is 4.79 Å². The van der Waals surface area contributed by atoms with Gasteiger partial charge in [-0.3, -0.25) is 13.1 Å². The highest BCUT2D eigenvalue weighted by molar-refractivity contribution is 14.1. The number of Topliss-reactive ketones (excluding diaryl/α,β-unsaturated/α-hetero) is 1. The summed E-state index contributed by atoms with van der Waals surface area (Å²) in [5, 5.41) is 8.58. The Morgan fingerprint density at radius 3 is 2.27 bits per heavy atom. The Balaban J connectivity index is 4.41. The quantitative estimate of drug-likeness (QED) is 0.239. The normalized spacial score (nSPS) is 13.4. The molecule has 3 amide bonds. The fourth-order valence-corrected chi connectivity index (χ4v) is 2.22. The van der Waals surface area contributed by atoms with Gasteiger partial charge in [-0.05, 0) is 32.2 Å². The Morgan fingerprint density at radius 1 is 1.18 bits per heavy atom. The molecule has 0 spiro atoms. The second-order valence-electron chi connectivity index (χ2n) is 5.44. The summed E-state index contributed by atoms with van der Waals surface area (Å²) in [6, 6.07) is -1.09. The van der Waals surface area contributed by atoms with Crippen LogP contribution < -0.4 is 19.5 Å². The number of ketones is 1. The summed E-state index contributed by atoms with van der Waals surface area (Å²) in [5.74, 6) is -0.0951. The summed E-state index contributed by atoms with van der Waals surface area (Å²) in [4.78, 5) is 35.0. The van der Waals surface area contributed by atoms with Crippen molar-refractivity contribution in [3.8, 4) is 0 Å². The van der Waals surface area contributed by atoms with Crippen molar-refractivity contribution in [1.29, 1.82) is 0 Å². The van der Waals surface area contributed by atoms with Crippen molar-refractivity contribution in [2.45, 2.75) is 52.6 Å². The minimum Gasteiger partial charge on any atom is -0.345 e. The number of urea groups is 1. The minimum absolute atomic E-state index is 0.0781. The minimum atomic E-state index is -0.517. The largest absolute Gasteiger partial charge is 0.345 e. The fraction of sp³-hybridized carbons (Fsp3) is 0.786. The molecule has 128 valence electrons. The Labute approximate surface area is 146 Å². The molecule has 0 saturated heterocycles. The summed E-state index contributed by atoms with van der Waals surface area (Å²) in [6.07, 6.45) is 1.11. The van der Waals surface area contributed by atoms with E-state index >= 15 is 0 Å². The van der Waals surface area contributed by atoms with Crippen LogP contribution in [-0.4, -0.2) is 42.9 Å². The lowest BCUT2D eigenvalue weighted by Gasteiger charge is -2.24. The summed E-state index contributed by atoms with van der Waals surface area (Å²) in [5.41, 5.74) is 0. The van der Waals surface area contributed by atoms with Gasteiger partial charge in [0, 0.05) is 6.54 Å². The number of amides is 3. The Kier molecular flexibility index (Phi) is 11.2. The van der Waals surface area contributed by atoms with E-state index in [1.165, 1.54) is 6.92 Å². The van der Waals surface area contributed by atoms with Crippen molar-refractivity contribution in [3.05, 3.63) is 0 Å². The van der Waals surface area contributed by atoms with Gasteiger partial charge in [-0.25, -0.2) is 4.79 Å². The van der Waals surface area contributed by atoms with E-state index in [1.807, 2.05) is 20.8 Å². The number of carbonyl (C=O) groups is 3. The zero-order valence-corrected chi connectivity index (χ0v) is 15.8. The molecule has 0 heterocycles. The summed E-state index contributed by atoms with van der Waals surface area (Å²) < 4.78 is 2.42. The average Bonchev–Trinajstić information content (AvgIpc) is 2.46. The number of carbonyl (C=O) groups excluding carboxylic acids is 3. The second kappa shape index (κ2) is 11.6. The molecule has 0 aromatic rings. The molecule has 0 radical (unpaired) electrons. The molecule has 2 atom stereocenters. The van der Waals surface area contributed by atoms with Crippen molar-refractivity contribution in [1.82, 2.24) is 19.5 Å². The van der Waals surface area contributed by atoms with Crippen LogP contribution in [0.2, 0.25) is 0 Å². The van der Waals surface area contributed by atoms with Gasteiger partial charge >= 0.3 is 6.03 Å². The first kappa shape index (κ1) is 21.1. The van der Waals surface area contributed by atoms with E-state index in [-0.39, 0.29) is 29.7 Å². The molecule has 0 aliphatic rings. The molecule has 0 aliphatic carbocycles. The van der Waals surface area contributed by atoms with E-state index in [0.717, 1.165) is 0 Å². The van der Waals surface area contributed by atoms with Crippen LogP contribution >= 0.6 is 22.9 Å². The molecule has 2 unspecified atom stereocenters. The average molecular weight is 426 g/mol. The van der Waals surface area contributed by atoms with E-state index in [0.29, 0.717) is 25.9 Å². The van der Waals surface area contributed by atoms with Crippen molar-refractivity contribution in [2.75, 3.05) is 13.1 Å². The van der Waals surface area contributed by atoms with Crippen LogP contribution in [0.5, 0.6) is 0 Å². The van der Waals surface area contributed by atoms with Crippen molar-refractivity contribution < 1.29 is 14.4 Å². The SMILES string of the molecule is CCNC(C(=O)NC(CCCNC(=O)NI)C(C)=O)C(C)C. The topological polar surface area (TPSA) is 99.3 Å². The van der Waals surface area contributed by atoms with Gasteiger partial charge in [-0.15, -0.1) is 0 Å². The molecule has 0 aliphatic heterocycles. The molecule has 4 N–H and O–H groups in total. The van der Waals surface area contributed by atoms with Crippen LogP contribution in [0.25, 0.3) is 0 Å². The van der Waals surface area contributed by atoms with Gasteiger partial charge < -0.3 is 16.0 Å². The first-order valence-electron chi connectivity index (χ1n) is 7.52. The maximum atomic E-state index is 12.3. The number of halogens is 1. The van der Waals surface area contributed by atoms with Crippen LogP contribution in [0.15, 0.2) is 0 Å². The molecule has 8 heteroatoms. The zero-order valence-electron chi connectivity index (χ0n) is 13.7. The molecule has 22 heavy (non-hydrogen) atoms. The molecule has 7 nitrogen and oxygen atoms in total. The zero-order chi connectivity index (χ0) is 17.1. The smallest absolute Gasteiger partial charge is 0.323 e. The van der Waals surface area contributed by atoms with Gasteiger partial charge in [0.05, 0.1) is 34.9 Å². The van der Waals surface area contributed by atoms with E-state index in [4.69, 9.17) is 0 Å². The van der Waals surface area contributed by atoms with E-state index < -0.39 is 6.04 Å². The maximum absolute atomic E-state index is 12.3. The van der Waals surface area contributed by atoms with Gasteiger partial charge in [0.1, 0.15) is 0 Å². The lowest BCUT2D eigenvalue weighted by atomic mass is 10.0.